The minimum atomic E-state index is -3.89. The van der Waals surface area contributed by atoms with Crippen molar-refractivity contribution in [2.24, 2.45) is 0 Å². The Labute approximate surface area is 182 Å². The number of rotatable bonds is 6. The van der Waals surface area contributed by atoms with Gasteiger partial charge >= 0.3 is 0 Å². The van der Waals surface area contributed by atoms with E-state index in [4.69, 9.17) is 0 Å². The fourth-order valence-corrected chi connectivity index (χ4v) is 5.66. The highest BCUT2D eigenvalue weighted by molar-refractivity contribution is 7.92. The fraction of sp³-hybridized carbons (Fsp3) is 0.435. The Morgan fingerprint density at radius 3 is 2.52 bits per heavy atom. The molecular formula is C23H28FN3O3S. The van der Waals surface area contributed by atoms with E-state index in [0.717, 1.165) is 51.7 Å². The third-order valence-corrected chi connectivity index (χ3v) is 7.53. The number of piperidine rings is 2. The van der Waals surface area contributed by atoms with E-state index in [2.05, 4.69) is 14.9 Å². The maximum atomic E-state index is 13.4. The van der Waals surface area contributed by atoms with Crippen molar-refractivity contribution in [2.75, 3.05) is 24.4 Å². The minimum Gasteiger partial charge on any atom is -0.317 e. The number of halogens is 1. The van der Waals surface area contributed by atoms with Crippen molar-refractivity contribution in [1.82, 2.24) is 10.2 Å². The first-order valence-electron chi connectivity index (χ1n) is 10.8. The van der Waals surface area contributed by atoms with Gasteiger partial charge in [-0.15, -0.1) is 0 Å². The summed E-state index contributed by atoms with van der Waals surface area (Å²) >= 11 is 0. The van der Waals surface area contributed by atoms with Gasteiger partial charge in [-0.05, 0) is 81.7 Å². The first-order chi connectivity index (χ1) is 14.9. The van der Waals surface area contributed by atoms with Crippen LogP contribution < -0.4 is 10.0 Å². The predicted molar refractivity (Wildman–Crippen MR) is 118 cm³/mol. The summed E-state index contributed by atoms with van der Waals surface area (Å²) in [6.45, 7) is 2.83. The lowest BCUT2D eigenvalue weighted by molar-refractivity contribution is 0.0549. The van der Waals surface area contributed by atoms with Crippen LogP contribution >= 0.6 is 0 Å². The molecule has 4 rings (SSSR count). The van der Waals surface area contributed by atoms with Crippen molar-refractivity contribution in [3.63, 3.8) is 0 Å². The van der Waals surface area contributed by atoms with Gasteiger partial charge in [0.2, 0.25) is 0 Å². The zero-order chi connectivity index (χ0) is 21.8. The highest BCUT2D eigenvalue weighted by Gasteiger charge is 2.34. The number of ketones is 1. The quantitative estimate of drug-likeness (QED) is 0.667. The summed E-state index contributed by atoms with van der Waals surface area (Å²) < 4.78 is 41.2. The summed E-state index contributed by atoms with van der Waals surface area (Å²) in [6.07, 6.45) is 4.94. The molecular weight excluding hydrogens is 417 g/mol. The van der Waals surface area contributed by atoms with Crippen LogP contribution in [0, 0.1) is 5.82 Å². The smallest absolute Gasteiger partial charge is 0.261 e. The van der Waals surface area contributed by atoms with E-state index >= 15 is 0 Å². The normalized spacial score (nSPS) is 21.0. The van der Waals surface area contributed by atoms with Crippen molar-refractivity contribution < 1.29 is 17.6 Å². The zero-order valence-corrected chi connectivity index (χ0v) is 18.2. The Kier molecular flexibility index (Phi) is 6.69. The molecule has 8 heteroatoms. The van der Waals surface area contributed by atoms with Gasteiger partial charge in [-0.25, -0.2) is 12.8 Å². The molecule has 2 aliphatic rings. The Bertz CT molecular complexity index is 1020. The molecule has 2 N–H and O–H groups in total. The lowest BCUT2D eigenvalue weighted by atomic mass is 9.91. The van der Waals surface area contributed by atoms with E-state index in [1.807, 2.05) is 0 Å². The number of carbonyl (C=O) groups is 1. The van der Waals surface area contributed by atoms with Gasteiger partial charge in [-0.3, -0.25) is 14.4 Å². The molecule has 2 aromatic carbocycles. The summed E-state index contributed by atoms with van der Waals surface area (Å²) in [5.74, 6) is -0.460. The predicted octanol–water partition coefficient (Wildman–Crippen LogP) is 3.42. The topological polar surface area (TPSA) is 78.5 Å². The lowest BCUT2D eigenvalue weighted by Gasteiger charge is -2.42. The van der Waals surface area contributed by atoms with Gasteiger partial charge in [0, 0.05) is 17.3 Å². The molecule has 0 aliphatic carbocycles. The molecule has 31 heavy (non-hydrogen) atoms. The number of Topliss-reactive ketones (excluding diaryl/α,β-unsaturated/α-hetero) is 1. The Hall–Kier alpha value is -2.29. The van der Waals surface area contributed by atoms with E-state index in [1.54, 1.807) is 12.1 Å². The molecule has 0 saturated carbocycles. The van der Waals surface area contributed by atoms with Crippen LogP contribution in [0.15, 0.2) is 53.4 Å². The molecule has 2 aromatic rings. The van der Waals surface area contributed by atoms with Gasteiger partial charge in [0.25, 0.3) is 10.0 Å². The number of anilines is 1. The number of hydrogen-bond donors (Lipinski definition) is 2. The van der Waals surface area contributed by atoms with E-state index in [1.165, 1.54) is 36.4 Å². The first-order valence-corrected chi connectivity index (χ1v) is 12.3. The first kappa shape index (κ1) is 21.9. The molecule has 2 fully saturated rings. The molecule has 2 aliphatic heterocycles. The second-order valence-electron chi connectivity index (χ2n) is 8.24. The maximum absolute atomic E-state index is 13.4. The van der Waals surface area contributed by atoms with Gasteiger partial charge in [0.1, 0.15) is 5.82 Å². The molecule has 1 unspecified atom stereocenters. The average molecular weight is 446 g/mol. The van der Waals surface area contributed by atoms with Crippen LogP contribution in [0.3, 0.4) is 0 Å². The number of hydrogen-bond acceptors (Lipinski definition) is 5. The summed E-state index contributed by atoms with van der Waals surface area (Å²) in [6, 6.07) is 11.5. The maximum Gasteiger partial charge on any atom is 0.261 e. The average Bonchev–Trinajstić information content (AvgIpc) is 2.81. The Balaban J connectivity index is 1.54. The number of carbonyl (C=O) groups excluding carboxylic acids is 1. The van der Waals surface area contributed by atoms with Crippen LogP contribution in [0.1, 0.15) is 42.5 Å². The van der Waals surface area contributed by atoms with Crippen LogP contribution in [0.25, 0.3) is 0 Å². The van der Waals surface area contributed by atoms with Gasteiger partial charge in [-0.1, -0.05) is 18.6 Å². The highest BCUT2D eigenvalue weighted by Crippen LogP contribution is 2.27. The van der Waals surface area contributed by atoms with Crippen molar-refractivity contribution in [3.05, 3.63) is 59.9 Å². The molecule has 2 saturated heterocycles. The van der Waals surface area contributed by atoms with Crippen LogP contribution in [-0.4, -0.2) is 50.8 Å². The van der Waals surface area contributed by atoms with Gasteiger partial charge in [0.05, 0.1) is 10.9 Å². The third kappa shape index (κ3) is 5.14. The van der Waals surface area contributed by atoms with E-state index in [0.29, 0.717) is 11.6 Å². The van der Waals surface area contributed by atoms with Gasteiger partial charge in [0.15, 0.2) is 5.78 Å². The van der Waals surface area contributed by atoms with Crippen LogP contribution in [0.2, 0.25) is 0 Å². The molecule has 0 amide bonds. The highest BCUT2D eigenvalue weighted by atomic mass is 32.2. The molecule has 166 valence electrons. The largest absolute Gasteiger partial charge is 0.317 e. The number of nitrogens with one attached hydrogen (secondary N) is 2. The molecule has 1 atom stereocenters. The second kappa shape index (κ2) is 9.46. The lowest BCUT2D eigenvalue weighted by Crippen LogP contribution is -2.53. The fourth-order valence-electron chi connectivity index (χ4n) is 4.55. The summed E-state index contributed by atoms with van der Waals surface area (Å²) in [5.41, 5.74) is 0.676. The summed E-state index contributed by atoms with van der Waals surface area (Å²) in [4.78, 5) is 15.8. The summed E-state index contributed by atoms with van der Waals surface area (Å²) in [7, 11) is -3.89. The van der Waals surface area contributed by atoms with Crippen molar-refractivity contribution >= 4 is 21.5 Å². The Morgan fingerprint density at radius 2 is 1.77 bits per heavy atom. The number of likely N-dealkylation sites (tertiary alicyclic amines) is 1. The monoisotopic (exact) mass is 445 g/mol. The standard InChI is InChI=1S/C23H28FN3O3S/c24-18-7-9-19(10-8-18)26-31(29,30)21-5-3-4-17(16-21)23(28)22-6-1-2-15-27(22)20-11-13-25-14-12-20/h3-5,7-10,16,20,22,25-26H,1-2,6,11-15H2. The van der Waals surface area contributed by atoms with E-state index in [9.17, 15) is 17.6 Å². The second-order valence-corrected chi connectivity index (χ2v) is 9.92. The summed E-state index contributed by atoms with van der Waals surface area (Å²) in [5, 5.41) is 3.37. The number of nitrogens with zero attached hydrogens (tertiary/aromatic N) is 1. The van der Waals surface area contributed by atoms with Crippen LogP contribution in [-0.2, 0) is 10.0 Å². The van der Waals surface area contributed by atoms with Crippen LogP contribution in [0.5, 0.6) is 0 Å². The van der Waals surface area contributed by atoms with E-state index in [-0.39, 0.29) is 22.4 Å². The molecule has 0 radical (unpaired) electrons. The Morgan fingerprint density at radius 1 is 1.03 bits per heavy atom. The SMILES string of the molecule is O=C(c1cccc(S(=O)(=O)Nc2ccc(F)cc2)c1)C1CCCCN1C1CCNCC1. The number of benzene rings is 2. The minimum absolute atomic E-state index is 0.0166. The zero-order valence-electron chi connectivity index (χ0n) is 17.4. The van der Waals surface area contributed by atoms with Crippen LogP contribution in [0.4, 0.5) is 10.1 Å². The molecule has 0 bridgehead atoms. The van der Waals surface area contributed by atoms with Crippen molar-refractivity contribution in [3.8, 4) is 0 Å². The molecule has 0 aromatic heterocycles. The van der Waals surface area contributed by atoms with Gasteiger partial charge in [-0.2, -0.15) is 0 Å². The number of sulfonamides is 1. The molecule has 6 nitrogen and oxygen atoms in total. The van der Waals surface area contributed by atoms with Gasteiger partial charge < -0.3 is 5.32 Å². The van der Waals surface area contributed by atoms with Crippen molar-refractivity contribution in [2.45, 2.75) is 49.1 Å². The molecule has 2 heterocycles. The van der Waals surface area contributed by atoms with Crippen molar-refractivity contribution in [1.29, 1.82) is 0 Å². The molecule has 0 spiro atoms. The third-order valence-electron chi connectivity index (χ3n) is 6.15. The van der Waals surface area contributed by atoms with E-state index < -0.39 is 15.8 Å².